The smallest absolute Gasteiger partial charge is 0.196 e. The van der Waals surface area contributed by atoms with Gasteiger partial charge in [-0.3, -0.25) is 0 Å². The van der Waals surface area contributed by atoms with Gasteiger partial charge in [0, 0.05) is 0 Å². The summed E-state index contributed by atoms with van der Waals surface area (Å²) in [7, 11) is 1.34. The SMILES string of the molecule is COc1c(F)cc(CCCCN)c(C)c1O. The molecule has 3 N–H and O–H groups in total. The Kier molecular flexibility index (Phi) is 4.55. The summed E-state index contributed by atoms with van der Waals surface area (Å²) in [4.78, 5) is 0. The molecule has 1 aromatic rings. The van der Waals surface area contributed by atoms with Crippen molar-refractivity contribution in [2.45, 2.75) is 26.2 Å². The number of phenols is 1. The number of ether oxygens (including phenoxy) is 1. The number of phenolic OH excluding ortho intramolecular Hbond substituents is 1. The van der Waals surface area contributed by atoms with E-state index in [1.807, 2.05) is 0 Å². The van der Waals surface area contributed by atoms with Crippen molar-refractivity contribution >= 4 is 0 Å². The first-order valence-corrected chi connectivity index (χ1v) is 5.36. The second-order valence-corrected chi connectivity index (χ2v) is 3.77. The van der Waals surface area contributed by atoms with Gasteiger partial charge in [-0.1, -0.05) is 0 Å². The van der Waals surface area contributed by atoms with Crippen LogP contribution in [0.15, 0.2) is 6.07 Å². The fourth-order valence-electron chi connectivity index (χ4n) is 1.68. The lowest BCUT2D eigenvalue weighted by Crippen LogP contribution is -2.01. The summed E-state index contributed by atoms with van der Waals surface area (Å²) < 4.78 is 18.3. The van der Waals surface area contributed by atoms with Crippen molar-refractivity contribution in [3.63, 3.8) is 0 Å². The molecule has 0 radical (unpaired) electrons. The van der Waals surface area contributed by atoms with Crippen LogP contribution in [-0.2, 0) is 6.42 Å². The maximum Gasteiger partial charge on any atom is 0.196 e. The number of unbranched alkanes of at least 4 members (excludes halogenated alkanes) is 1. The van der Waals surface area contributed by atoms with E-state index >= 15 is 0 Å². The number of hydrogen-bond donors (Lipinski definition) is 2. The van der Waals surface area contributed by atoms with Crippen molar-refractivity contribution in [2.75, 3.05) is 13.7 Å². The van der Waals surface area contributed by atoms with E-state index in [1.165, 1.54) is 13.2 Å². The lowest BCUT2D eigenvalue weighted by Gasteiger charge is -2.12. The van der Waals surface area contributed by atoms with Crippen LogP contribution in [0.4, 0.5) is 4.39 Å². The van der Waals surface area contributed by atoms with E-state index in [-0.39, 0.29) is 11.5 Å². The second-order valence-electron chi connectivity index (χ2n) is 3.77. The van der Waals surface area contributed by atoms with Crippen molar-refractivity contribution in [1.29, 1.82) is 0 Å². The van der Waals surface area contributed by atoms with Crippen LogP contribution in [0.25, 0.3) is 0 Å². The van der Waals surface area contributed by atoms with Crippen molar-refractivity contribution < 1.29 is 14.2 Å². The molecule has 0 amide bonds. The molecule has 0 atom stereocenters. The van der Waals surface area contributed by atoms with E-state index < -0.39 is 5.82 Å². The number of nitrogens with two attached hydrogens (primary N) is 1. The van der Waals surface area contributed by atoms with Gasteiger partial charge in [0.05, 0.1) is 7.11 Å². The van der Waals surface area contributed by atoms with Gasteiger partial charge in [0.2, 0.25) is 0 Å². The van der Waals surface area contributed by atoms with Crippen LogP contribution in [0.2, 0.25) is 0 Å². The molecule has 0 spiro atoms. The van der Waals surface area contributed by atoms with Crippen molar-refractivity contribution in [2.24, 2.45) is 5.73 Å². The predicted molar refractivity (Wildman–Crippen MR) is 61.3 cm³/mol. The molecular weight excluding hydrogens is 209 g/mol. The summed E-state index contributed by atoms with van der Waals surface area (Å²) in [6.45, 7) is 2.39. The Labute approximate surface area is 95.0 Å². The molecule has 1 rings (SSSR count). The van der Waals surface area contributed by atoms with Crippen LogP contribution in [0.5, 0.6) is 11.5 Å². The van der Waals surface area contributed by atoms with E-state index in [0.29, 0.717) is 12.1 Å². The fraction of sp³-hybridized carbons (Fsp3) is 0.500. The average molecular weight is 227 g/mol. The predicted octanol–water partition coefficient (Wildman–Crippen LogP) is 2.13. The molecule has 0 saturated heterocycles. The largest absolute Gasteiger partial charge is 0.504 e. The van der Waals surface area contributed by atoms with Crippen molar-refractivity contribution in [3.05, 3.63) is 23.0 Å². The van der Waals surface area contributed by atoms with Crippen LogP contribution >= 0.6 is 0 Å². The number of hydrogen-bond acceptors (Lipinski definition) is 3. The van der Waals surface area contributed by atoms with Gasteiger partial charge in [-0.25, -0.2) is 4.39 Å². The normalized spacial score (nSPS) is 10.5. The molecule has 0 aromatic heterocycles. The van der Waals surface area contributed by atoms with E-state index in [0.717, 1.165) is 24.8 Å². The molecule has 0 aliphatic carbocycles. The van der Waals surface area contributed by atoms with Crippen LogP contribution in [0.1, 0.15) is 24.0 Å². The lowest BCUT2D eigenvalue weighted by molar-refractivity contribution is 0.349. The summed E-state index contributed by atoms with van der Waals surface area (Å²) in [5.74, 6) is -0.710. The highest BCUT2D eigenvalue weighted by atomic mass is 19.1. The monoisotopic (exact) mass is 227 g/mol. The highest BCUT2D eigenvalue weighted by Crippen LogP contribution is 2.35. The molecule has 0 aliphatic rings. The number of aryl methyl sites for hydroxylation is 1. The van der Waals surface area contributed by atoms with Gasteiger partial charge in [0.25, 0.3) is 0 Å². The van der Waals surface area contributed by atoms with Gasteiger partial charge in [-0.05, 0) is 49.9 Å². The van der Waals surface area contributed by atoms with Crippen LogP contribution in [-0.4, -0.2) is 18.8 Å². The Bertz CT molecular complexity index is 367. The molecule has 0 bridgehead atoms. The van der Waals surface area contributed by atoms with Gasteiger partial charge in [0.1, 0.15) is 0 Å². The van der Waals surface area contributed by atoms with Crippen LogP contribution in [0.3, 0.4) is 0 Å². The lowest BCUT2D eigenvalue weighted by atomic mass is 10.0. The van der Waals surface area contributed by atoms with E-state index in [9.17, 15) is 9.50 Å². The highest BCUT2D eigenvalue weighted by molar-refractivity contribution is 5.50. The average Bonchev–Trinajstić information content (AvgIpc) is 2.26. The molecule has 4 heteroatoms. The standard InChI is InChI=1S/C12H18FNO2/c1-8-9(5-3-4-6-14)7-10(13)12(16-2)11(8)15/h7,15H,3-6,14H2,1-2H3. The highest BCUT2D eigenvalue weighted by Gasteiger charge is 2.15. The Morgan fingerprint density at radius 3 is 2.69 bits per heavy atom. The van der Waals surface area contributed by atoms with Gasteiger partial charge in [-0.2, -0.15) is 0 Å². The van der Waals surface area contributed by atoms with Gasteiger partial charge in [-0.15, -0.1) is 0 Å². The third kappa shape index (κ3) is 2.64. The Morgan fingerprint density at radius 1 is 1.44 bits per heavy atom. The summed E-state index contributed by atoms with van der Waals surface area (Å²) in [5, 5.41) is 9.73. The number of rotatable bonds is 5. The zero-order valence-electron chi connectivity index (χ0n) is 9.72. The summed E-state index contributed by atoms with van der Waals surface area (Å²) in [6.07, 6.45) is 2.51. The van der Waals surface area contributed by atoms with Gasteiger partial charge >= 0.3 is 0 Å². The number of halogens is 1. The quantitative estimate of drug-likeness (QED) is 0.758. The maximum absolute atomic E-state index is 13.5. The second kappa shape index (κ2) is 5.70. The first kappa shape index (κ1) is 12.8. The van der Waals surface area contributed by atoms with Crippen LogP contribution in [0, 0.1) is 12.7 Å². The molecule has 0 unspecified atom stereocenters. The van der Waals surface area contributed by atoms with Gasteiger partial charge < -0.3 is 15.6 Å². The third-order valence-electron chi connectivity index (χ3n) is 2.67. The molecule has 0 heterocycles. The zero-order chi connectivity index (χ0) is 12.1. The van der Waals surface area contributed by atoms with Crippen molar-refractivity contribution in [1.82, 2.24) is 0 Å². The minimum Gasteiger partial charge on any atom is -0.504 e. The Hall–Kier alpha value is -1.29. The number of methoxy groups -OCH3 is 1. The van der Waals surface area contributed by atoms with E-state index in [1.54, 1.807) is 6.92 Å². The number of aromatic hydroxyl groups is 1. The maximum atomic E-state index is 13.5. The summed E-state index contributed by atoms with van der Waals surface area (Å²) in [5.41, 5.74) is 6.88. The topological polar surface area (TPSA) is 55.5 Å². The number of benzene rings is 1. The summed E-state index contributed by atoms with van der Waals surface area (Å²) >= 11 is 0. The van der Waals surface area contributed by atoms with E-state index in [4.69, 9.17) is 10.5 Å². The summed E-state index contributed by atoms with van der Waals surface area (Å²) in [6, 6.07) is 1.42. The molecule has 0 aliphatic heterocycles. The molecular formula is C12H18FNO2. The fourth-order valence-corrected chi connectivity index (χ4v) is 1.68. The third-order valence-corrected chi connectivity index (χ3v) is 2.67. The molecule has 0 saturated carbocycles. The van der Waals surface area contributed by atoms with Crippen LogP contribution < -0.4 is 10.5 Å². The minimum atomic E-state index is -0.520. The van der Waals surface area contributed by atoms with Crippen molar-refractivity contribution in [3.8, 4) is 11.5 Å². The first-order chi connectivity index (χ1) is 7.61. The molecule has 1 aromatic carbocycles. The molecule has 0 fully saturated rings. The minimum absolute atomic E-state index is 0.0833. The van der Waals surface area contributed by atoms with Gasteiger partial charge in [0.15, 0.2) is 17.3 Å². The Balaban J connectivity index is 2.94. The zero-order valence-corrected chi connectivity index (χ0v) is 9.72. The molecule has 16 heavy (non-hydrogen) atoms. The molecule has 3 nitrogen and oxygen atoms in total. The van der Waals surface area contributed by atoms with E-state index in [2.05, 4.69) is 0 Å². The first-order valence-electron chi connectivity index (χ1n) is 5.36. The molecule has 90 valence electrons. The Morgan fingerprint density at radius 2 is 2.12 bits per heavy atom.